The SMILES string of the molecule is CCCCCCN1C(=O)/C(=C/c2cn(-c3ccccc3)nc2-c2c(C)cc(C)cc2C)SC1=S. The summed E-state index contributed by atoms with van der Waals surface area (Å²) in [5, 5.41) is 4.98. The molecule has 0 N–H and O–H groups in total. The summed E-state index contributed by atoms with van der Waals surface area (Å²) in [5.74, 6) is 0.00209. The molecule has 0 radical (unpaired) electrons. The van der Waals surface area contributed by atoms with Gasteiger partial charge in [-0.05, 0) is 56.5 Å². The molecule has 34 heavy (non-hydrogen) atoms. The molecule has 0 unspecified atom stereocenters. The number of thiocarbonyl (C=S) groups is 1. The number of thioether (sulfide) groups is 1. The van der Waals surface area contributed by atoms with E-state index in [9.17, 15) is 4.79 Å². The van der Waals surface area contributed by atoms with E-state index < -0.39 is 0 Å². The molecule has 176 valence electrons. The minimum Gasteiger partial charge on any atom is -0.293 e. The summed E-state index contributed by atoms with van der Waals surface area (Å²) in [4.78, 5) is 15.6. The number of benzene rings is 2. The monoisotopic (exact) mass is 489 g/mol. The van der Waals surface area contributed by atoms with Gasteiger partial charge in [0.15, 0.2) is 0 Å². The van der Waals surface area contributed by atoms with Crippen LogP contribution in [0.3, 0.4) is 0 Å². The van der Waals surface area contributed by atoms with Gasteiger partial charge in [0.1, 0.15) is 10.0 Å². The van der Waals surface area contributed by atoms with E-state index in [2.05, 4.69) is 39.8 Å². The highest BCUT2D eigenvalue weighted by atomic mass is 32.2. The zero-order valence-corrected chi connectivity index (χ0v) is 21.9. The van der Waals surface area contributed by atoms with Crippen molar-refractivity contribution in [1.29, 1.82) is 0 Å². The maximum Gasteiger partial charge on any atom is 0.266 e. The molecule has 0 saturated carbocycles. The Bertz CT molecular complexity index is 1220. The molecule has 1 aliphatic rings. The first-order valence-electron chi connectivity index (χ1n) is 11.9. The Labute approximate surface area is 212 Å². The highest BCUT2D eigenvalue weighted by Crippen LogP contribution is 2.36. The average molecular weight is 490 g/mol. The quantitative estimate of drug-likeness (QED) is 0.190. The molecule has 4 rings (SSSR count). The van der Waals surface area contributed by atoms with Crippen LogP contribution in [0.4, 0.5) is 0 Å². The molecular weight excluding hydrogens is 458 g/mol. The molecule has 0 bridgehead atoms. The number of unbranched alkanes of at least 4 members (excludes halogenated alkanes) is 3. The smallest absolute Gasteiger partial charge is 0.266 e. The lowest BCUT2D eigenvalue weighted by Crippen LogP contribution is -2.29. The van der Waals surface area contributed by atoms with E-state index in [4.69, 9.17) is 17.3 Å². The van der Waals surface area contributed by atoms with Crippen LogP contribution in [0.15, 0.2) is 53.6 Å². The molecule has 1 aromatic heterocycles. The largest absolute Gasteiger partial charge is 0.293 e. The maximum atomic E-state index is 13.2. The zero-order valence-electron chi connectivity index (χ0n) is 20.3. The lowest BCUT2D eigenvalue weighted by Gasteiger charge is -2.13. The van der Waals surface area contributed by atoms with Crippen LogP contribution in [0.1, 0.15) is 54.9 Å². The topological polar surface area (TPSA) is 38.1 Å². The van der Waals surface area contributed by atoms with Crippen molar-refractivity contribution in [1.82, 2.24) is 14.7 Å². The van der Waals surface area contributed by atoms with Gasteiger partial charge in [0, 0.05) is 23.9 Å². The Kier molecular flexibility index (Phi) is 7.69. The van der Waals surface area contributed by atoms with Gasteiger partial charge in [0.25, 0.3) is 5.91 Å². The van der Waals surface area contributed by atoms with Crippen LogP contribution in [0.5, 0.6) is 0 Å². The fraction of sp³-hybridized carbons (Fsp3) is 0.321. The summed E-state index contributed by atoms with van der Waals surface area (Å²) in [6, 6.07) is 14.4. The summed E-state index contributed by atoms with van der Waals surface area (Å²) < 4.78 is 2.54. The van der Waals surface area contributed by atoms with Crippen molar-refractivity contribution < 1.29 is 4.79 Å². The third-order valence-electron chi connectivity index (χ3n) is 6.07. The van der Waals surface area contributed by atoms with Gasteiger partial charge < -0.3 is 0 Å². The summed E-state index contributed by atoms with van der Waals surface area (Å²) >= 11 is 6.95. The molecule has 0 atom stereocenters. The van der Waals surface area contributed by atoms with Gasteiger partial charge in [-0.2, -0.15) is 5.10 Å². The highest BCUT2D eigenvalue weighted by molar-refractivity contribution is 8.26. The van der Waals surface area contributed by atoms with E-state index in [1.165, 1.54) is 41.3 Å². The minimum atomic E-state index is 0.00209. The standard InChI is InChI=1S/C28H31N3OS2/c1-5-6-7-11-14-30-27(32)24(34-28(30)33)17-22-18-31(23-12-9-8-10-13-23)29-26(22)25-20(3)15-19(2)16-21(25)4/h8-10,12-13,15-18H,5-7,11,14H2,1-4H3/b24-17-. The number of carbonyl (C=O) groups is 1. The van der Waals surface area contributed by atoms with Gasteiger partial charge >= 0.3 is 0 Å². The number of carbonyl (C=O) groups excluding carboxylic acids is 1. The summed E-state index contributed by atoms with van der Waals surface area (Å²) in [5.41, 5.74) is 7.47. The third-order valence-corrected chi connectivity index (χ3v) is 7.45. The van der Waals surface area contributed by atoms with Crippen LogP contribution in [0, 0.1) is 20.8 Å². The van der Waals surface area contributed by atoms with Crippen molar-refractivity contribution in [3.63, 3.8) is 0 Å². The Morgan fingerprint density at radius 3 is 2.41 bits per heavy atom. The Balaban J connectivity index is 1.74. The second-order valence-electron chi connectivity index (χ2n) is 8.88. The number of aryl methyl sites for hydroxylation is 3. The molecule has 0 aliphatic carbocycles. The summed E-state index contributed by atoms with van der Waals surface area (Å²) in [7, 11) is 0. The van der Waals surface area contributed by atoms with E-state index in [-0.39, 0.29) is 5.91 Å². The van der Waals surface area contributed by atoms with Gasteiger partial charge in [0.05, 0.1) is 10.6 Å². The van der Waals surface area contributed by atoms with Crippen molar-refractivity contribution in [3.05, 3.63) is 75.8 Å². The summed E-state index contributed by atoms with van der Waals surface area (Å²) in [6.45, 7) is 9.23. The van der Waals surface area contributed by atoms with E-state index in [0.717, 1.165) is 35.3 Å². The fourth-order valence-corrected chi connectivity index (χ4v) is 5.78. The lowest BCUT2D eigenvalue weighted by molar-refractivity contribution is -0.122. The van der Waals surface area contributed by atoms with Crippen LogP contribution in [-0.4, -0.2) is 31.5 Å². The molecule has 1 saturated heterocycles. The number of aromatic nitrogens is 2. The third kappa shape index (κ3) is 5.18. The first-order valence-corrected chi connectivity index (χ1v) is 13.1. The Hall–Kier alpha value is -2.70. The van der Waals surface area contributed by atoms with E-state index in [1.54, 1.807) is 4.90 Å². The van der Waals surface area contributed by atoms with Crippen molar-refractivity contribution in [3.8, 4) is 16.9 Å². The average Bonchev–Trinajstić information content (AvgIpc) is 3.32. The molecule has 1 amide bonds. The van der Waals surface area contributed by atoms with Gasteiger partial charge in [-0.3, -0.25) is 9.69 Å². The van der Waals surface area contributed by atoms with Gasteiger partial charge in [-0.15, -0.1) is 0 Å². The number of nitrogens with zero attached hydrogens (tertiary/aromatic N) is 3. The second-order valence-corrected chi connectivity index (χ2v) is 10.6. The van der Waals surface area contributed by atoms with Gasteiger partial charge in [0.2, 0.25) is 0 Å². The molecule has 2 heterocycles. The van der Waals surface area contributed by atoms with Crippen molar-refractivity contribution >= 4 is 40.3 Å². The zero-order chi connectivity index (χ0) is 24.2. The number of para-hydroxylation sites is 1. The molecule has 1 fully saturated rings. The minimum absolute atomic E-state index is 0.00209. The highest BCUT2D eigenvalue weighted by Gasteiger charge is 2.32. The lowest BCUT2D eigenvalue weighted by atomic mass is 9.95. The van der Waals surface area contributed by atoms with Crippen molar-refractivity contribution in [2.75, 3.05) is 6.54 Å². The van der Waals surface area contributed by atoms with Crippen LogP contribution >= 0.6 is 24.0 Å². The van der Waals surface area contributed by atoms with Crippen LogP contribution in [-0.2, 0) is 4.79 Å². The molecule has 0 spiro atoms. The number of amides is 1. The number of hydrogen-bond donors (Lipinski definition) is 0. The van der Waals surface area contributed by atoms with Gasteiger partial charge in [-0.1, -0.05) is 86.1 Å². The molecular formula is C28H31N3OS2. The van der Waals surface area contributed by atoms with Crippen molar-refractivity contribution in [2.24, 2.45) is 0 Å². The predicted molar refractivity (Wildman–Crippen MR) is 147 cm³/mol. The Morgan fingerprint density at radius 1 is 1.03 bits per heavy atom. The molecule has 6 heteroatoms. The molecule has 2 aromatic carbocycles. The fourth-order valence-electron chi connectivity index (χ4n) is 4.48. The van der Waals surface area contributed by atoms with E-state index >= 15 is 0 Å². The molecule has 4 nitrogen and oxygen atoms in total. The van der Waals surface area contributed by atoms with Crippen molar-refractivity contribution in [2.45, 2.75) is 53.4 Å². The second kappa shape index (κ2) is 10.7. The normalized spacial score (nSPS) is 15.1. The van der Waals surface area contributed by atoms with E-state index in [0.29, 0.717) is 15.8 Å². The number of hydrogen-bond acceptors (Lipinski definition) is 4. The predicted octanol–water partition coefficient (Wildman–Crippen LogP) is 7.25. The van der Waals surface area contributed by atoms with E-state index in [1.807, 2.05) is 47.3 Å². The van der Waals surface area contributed by atoms with Crippen LogP contribution in [0.25, 0.3) is 23.0 Å². The van der Waals surface area contributed by atoms with Crippen LogP contribution < -0.4 is 0 Å². The maximum absolute atomic E-state index is 13.2. The van der Waals surface area contributed by atoms with Gasteiger partial charge in [-0.25, -0.2) is 4.68 Å². The molecule has 1 aliphatic heterocycles. The van der Waals surface area contributed by atoms with Crippen LogP contribution in [0.2, 0.25) is 0 Å². The first kappa shape index (κ1) is 24.4. The Morgan fingerprint density at radius 2 is 1.74 bits per heavy atom. The first-order chi connectivity index (χ1) is 16.4. The number of rotatable bonds is 8. The summed E-state index contributed by atoms with van der Waals surface area (Å²) in [6.07, 6.45) is 8.42. The molecule has 3 aromatic rings.